The fourth-order valence-electron chi connectivity index (χ4n) is 1.59. The molecule has 0 aliphatic carbocycles. The summed E-state index contributed by atoms with van der Waals surface area (Å²) in [6.07, 6.45) is 6.37. The number of rotatable bonds is 9. The summed E-state index contributed by atoms with van der Waals surface area (Å²) in [6.45, 7) is 2.66. The molecule has 6 nitrogen and oxygen atoms in total. The molecule has 0 atom stereocenters. The van der Waals surface area contributed by atoms with Gasteiger partial charge in [-0.2, -0.15) is 0 Å². The first kappa shape index (κ1) is 14.7. The number of aromatic nitrogens is 2. The second-order valence-electron chi connectivity index (χ2n) is 4.09. The fourth-order valence-corrected chi connectivity index (χ4v) is 1.59. The van der Waals surface area contributed by atoms with Crippen molar-refractivity contribution in [1.29, 1.82) is 0 Å². The van der Waals surface area contributed by atoms with Crippen molar-refractivity contribution in [3.8, 4) is 0 Å². The Balaban J connectivity index is 2.19. The smallest absolute Gasteiger partial charge is 0.271 e. The highest BCUT2D eigenvalue weighted by Gasteiger charge is 2.07. The number of nitrogens with zero attached hydrogens (tertiary/aromatic N) is 2. The van der Waals surface area contributed by atoms with Crippen LogP contribution in [0.2, 0.25) is 0 Å². The zero-order valence-electron chi connectivity index (χ0n) is 10.9. The molecule has 1 aromatic heterocycles. The summed E-state index contributed by atoms with van der Waals surface area (Å²) in [4.78, 5) is 15.7. The number of unbranched alkanes of at least 4 members (excludes halogenated alkanes) is 2. The molecule has 0 radical (unpaired) electrons. The molecule has 0 aliphatic rings. The van der Waals surface area contributed by atoms with Crippen molar-refractivity contribution in [1.82, 2.24) is 14.9 Å². The molecule has 0 aliphatic heterocycles. The summed E-state index contributed by atoms with van der Waals surface area (Å²) >= 11 is 0. The van der Waals surface area contributed by atoms with Crippen LogP contribution in [-0.2, 0) is 11.3 Å². The molecule has 0 saturated heterocycles. The molecule has 18 heavy (non-hydrogen) atoms. The highest BCUT2D eigenvalue weighted by molar-refractivity contribution is 5.91. The molecule has 0 saturated carbocycles. The van der Waals surface area contributed by atoms with E-state index in [-0.39, 0.29) is 5.91 Å². The van der Waals surface area contributed by atoms with Crippen LogP contribution in [0, 0.1) is 0 Å². The average molecular weight is 254 g/mol. The van der Waals surface area contributed by atoms with Gasteiger partial charge in [0.2, 0.25) is 0 Å². The van der Waals surface area contributed by atoms with E-state index in [0.29, 0.717) is 25.3 Å². The Labute approximate surface area is 108 Å². The van der Waals surface area contributed by atoms with Crippen LogP contribution in [0.4, 0.5) is 0 Å². The van der Waals surface area contributed by atoms with Gasteiger partial charge in [0.05, 0.1) is 6.33 Å². The van der Waals surface area contributed by atoms with E-state index < -0.39 is 0 Å². The molecule has 6 heteroatoms. The highest BCUT2D eigenvalue weighted by atomic mass is 16.5. The lowest BCUT2D eigenvalue weighted by molar-refractivity contribution is 0.0948. The van der Waals surface area contributed by atoms with Crippen LogP contribution in [0.15, 0.2) is 12.5 Å². The summed E-state index contributed by atoms with van der Waals surface area (Å²) < 4.78 is 6.77. The number of amides is 1. The molecule has 1 amide bonds. The molecule has 0 aromatic carbocycles. The molecule has 3 N–H and O–H groups in total. The topological polar surface area (TPSA) is 82.2 Å². The van der Waals surface area contributed by atoms with E-state index in [1.54, 1.807) is 19.6 Å². The molecule has 1 rings (SSSR count). The predicted molar refractivity (Wildman–Crippen MR) is 69.3 cm³/mol. The SMILES string of the molecule is COCCCCCNC(=O)c1cn(CCN)cn1. The van der Waals surface area contributed by atoms with Gasteiger partial charge in [-0.05, 0) is 19.3 Å². The van der Waals surface area contributed by atoms with Gasteiger partial charge in [0.25, 0.3) is 5.91 Å². The molecule has 0 unspecified atom stereocenters. The van der Waals surface area contributed by atoms with Crippen LogP contribution < -0.4 is 11.1 Å². The summed E-state index contributed by atoms with van der Waals surface area (Å²) in [7, 11) is 1.69. The van der Waals surface area contributed by atoms with Crippen LogP contribution in [0.5, 0.6) is 0 Å². The minimum atomic E-state index is -0.127. The normalized spacial score (nSPS) is 10.6. The van der Waals surface area contributed by atoms with Gasteiger partial charge in [-0.1, -0.05) is 0 Å². The molecular formula is C12H22N4O2. The van der Waals surface area contributed by atoms with E-state index in [9.17, 15) is 4.79 Å². The van der Waals surface area contributed by atoms with Crippen molar-refractivity contribution in [2.75, 3.05) is 26.8 Å². The maximum Gasteiger partial charge on any atom is 0.271 e. The van der Waals surface area contributed by atoms with Gasteiger partial charge in [0.15, 0.2) is 0 Å². The first-order valence-electron chi connectivity index (χ1n) is 6.27. The molecule has 0 bridgehead atoms. The van der Waals surface area contributed by atoms with Gasteiger partial charge in [-0.3, -0.25) is 4.79 Å². The largest absolute Gasteiger partial charge is 0.385 e. The summed E-state index contributed by atoms with van der Waals surface area (Å²) in [5.74, 6) is -0.127. The first-order chi connectivity index (χ1) is 8.77. The van der Waals surface area contributed by atoms with Crippen LogP contribution in [-0.4, -0.2) is 42.3 Å². The predicted octanol–water partition coefficient (Wildman–Crippen LogP) is 0.388. The number of nitrogens with two attached hydrogens (primary N) is 1. The number of carbonyl (C=O) groups is 1. The van der Waals surface area contributed by atoms with E-state index in [0.717, 1.165) is 25.9 Å². The maximum absolute atomic E-state index is 11.7. The van der Waals surface area contributed by atoms with Gasteiger partial charge < -0.3 is 20.4 Å². The number of methoxy groups -OCH3 is 1. The third-order valence-electron chi connectivity index (χ3n) is 2.56. The van der Waals surface area contributed by atoms with E-state index in [2.05, 4.69) is 10.3 Å². The van der Waals surface area contributed by atoms with Gasteiger partial charge in [0, 0.05) is 39.5 Å². The van der Waals surface area contributed by atoms with Crippen molar-refractivity contribution in [2.45, 2.75) is 25.8 Å². The second-order valence-corrected chi connectivity index (χ2v) is 4.09. The third kappa shape index (κ3) is 5.29. The van der Waals surface area contributed by atoms with Crippen LogP contribution in [0.1, 0.15) is 29.8 Å². The Hall–Kier alpha value is -1.40. The minimum Gasteiger partial charge on any atom is -0.385 e. The quantitative estimate of drug-likeness (QED) is 0.624. The Morgan fingerprint density at radius 1 is 1.50 bits per heavy atom. The van der Waals surface area contributed by atoms with E-state index >= 15 is 0 Å². The summed E-state index contributed by atoms with van der Waals surface area (Å²) in [5, 5.41) is 2.84. The van der Waals surface area contributed by atoms with Gasteiger partial charge in [-0.25, -0.2) is 4.98 Å². The third-order valence-corrected chi connectivity index (χ3v) is 2.56. The molecule has 102 valence electrons. The summed E-state index contributed by atoms with van der Waals surface area (Å²) in [6, 6.07) is 0. The monoisotopic (exact) mass is 254 g/mol. The molecule has 1 heterocycles. The fraction of sp³-hybridized carbons (Fsp3) is 0.667. The van der Waals surface area contributed by atoms with Crippen LogP contribution in [0.25, 0.3) is 0 Å². The van der Waals surface area contributed by atoms with Crippen molar-refractivity contribution in [2.24, 2.45) is 5.73 Å². The number of hydrogen-bond acceptors (Lipinski definition) is 4. The van der Waals surface area contributed by atoms with Crippen molar-refractivity contribution < 1.29 is 9.53 Å². The number of imidazole rings is 1. The van der Waals surface area contributed by atoms with E-state index in [1.807, 2.05) is 4.57 Å². The lowest BCUT2D eigenvalue weighted by atomic mass is 10.2. The maximum atomic E-state index is 11.7. The molecule has 1 aromatic rings. The van der Waals surface area contributed by atoms with Crippen molar-refractivity contribution in [3.05, 3.63) is 18.2 Å². The summed E-state index contributed by atoms with van der Waals surface area (Å²) in [5.41, 5.74) is 5.87. The Morgan fingerprint density at radius 2 is 2.33 bits per heavy atom. The minimum absolute atomic E-state index is 0.127. The highest BCUT2D eigenvalue weighted by Crippen LogP contribution is 1.97. The second kappa shape index (κ2) is 8.66. The number of nitrogens with one attached hydrogen (secondary N) is 1. The van der Waals surface area contributed by atoms with E-state index in [1.165, 1.54) is 0 Å². The lowest BCUT2D eigenvalue weighted by Gasteiger charge is -2.03. The van der Waals surface area contributed by atoms with E-state index in [4.69, 9.17) is 10.5 Å². The number of carbonyl (C=O) groups excluding carboxylic acids is 1. The standard InChI is InChI=1S/C12H22N4O2/c1-18-8-4-2-3-6-14-12(17)11-9-16(7-5-13)10-15-11/h9-10H,2-8,13H2,1H3,(H,14,17). The van der Waals surface area contributed by atoms with Crippen LogP contribution in [0.3, 0.4) is 0 Å². The number of hydrogen-bond donors (Lipinski definition) is 2. The zero-order chi connectivity index (χ0) is 13.2. The van der Waals surface area contributed by atoms with Crippen molar-refractivity contribution >= 4 is 5.91 Å². The Kier molecular flexibility index (Phi) is 7.05. The lowest BCUT2D eigenvalue weighted by Crippen LogP contribution is -2.24. The number of ether oxygens (including phenoxy) is 1. The first-order valence-corrected chi connectivity index (χ1v) is 6.27. The molecule has 0 fully saturated rings. The van der Waals surface area contributed by atoms with Gasteiger partial charge in [0.1, 0.15) is 5.69 Å². The van der Waals surface area contributed by atoms with Crippen LogP contribution >= 0.6 is 0 Å². The molecular weight excluding hydrogens is 232 g/mol. The Morgan fingerprint density at radius 3 is 3.06 bits per heavy atom. The van der Waals surface area contributed by atoms with Crippen molar-refractivity contribution in [3.63, 3.8) is 0 Å². The Bertz CT molecular complexity index is 352. The average Bonchev–Trinajstić information content (AvgIpc) is 2.82. The zero-order valence-corrected chi connectivity index (χ0v) is 10.9. The van der Waals surface area contributed by atoms with Gasteiger partial charge in [-0.15, -0.1) is 0 Å². The van der Waals surface area contributed by atoms with Gasteiger partial charge >= 0.3 is 0 Å². The molecule has 0 spiro atoms.